The zero-order chi connectivity index (χ0) is 20.3. The second-order valence-electron chi connectivity index (χ2n) is 9.57. The van der Waals surface area contributed by atoms with Crippen LogP contribution < -0.4 is 10.2 Å². The summed E-state index contributed by atoms with van der Waals surface area (Å²) in [6.07, 6.45) is 0.862. The lowest BCUT2D eigenvalue weighted by molar-refractivity contribution is -0.122. The molecule has 0 bridgehead atoms. The Morgan fingerprint density at radius 3 is 2.04 bits per heavy atom. The summed E-state index contributed by atoms with van der Waals surface area (Å²) < 4.78 is 0. The summed E-state index contributed by atoms with van der Waals surface area (Å²) in [5.74, 6) is -0.142. The summed E-state index contributed by atoms with van der Waals surface area (Å²) in [7, 11) is 0. The number of nitrogens with zero attached hydrogens (tertiary/aromatic N) is 1. The monoisotopic (exact) mass is 360 g/mol. The van der Waals surface area contributed by atoms with E-state index in [9.17, 15) is 9.59 Å². The summed E-state index contributed by atoms with van der Waals surface area (Å²) in [4.78, 5) is 27.0. The van der Waals surface area contributed by atoms with E-state index in [2.05, 4.69) is 39.9 Å². The summed E-state index contributed by atoms with van der Waals surface area (Å²) in [6, 6.07) is 7.58. The molecule has 0 spiro atoms. The number of hydrogen-bond donors (Lipinski definition) is 1. The van der Waals surface area contributed by atoms with E-state index in [1.807, 2.05) is 56.9 Å². The van der Waals surface area contributed by atoms with Crippen molar-refractivity contribution in [3.8, 4) is 0 Å². The number of hydrogen-bond acceptors (Lipinski definition) is 2. The smallest absolute Gasteiger partial charge is 0.230 e. The molecule has 0 heterocycles. The van der Waals surface area contributed by atoms with Gasteiger partial charge in [-0.05, 0) is 43.9 Å². The Balaban J connectivity index is 3.32. The van der Waals surface area contributed by atoms with Gasteiger partial charge in [-0.25, -0.2) is 0 Å². The van der Waals surface area contributed by atoms with Crippen LogP contribution in [-0.2, 0) is 9.59 Å². The lowest BCUT2D eigenvalue weighted by Crippen LogP contribution is -2.51. The molecule has 0 aliphatic heterocycles. The van der Waals surface area contributed by atoms with E-state index in [1.165, 1.54) is 0 Å². The molecule has 0 saturated heterocycles. The average molecular weight is 361 g/mol. The molecule has 26 heavy (non-hydrogen) atoms. The van der Waals surface area contributed by atoms with Gasteiger partial charge in [0.15, 0.2) is 0 Å². The Labute approximate surface area is 159 Å². The van der Waals surface area contributed by atoms with Crippen LogP contribution in [0.1, 0.15) is 68.7 Å². The van der Waals surface area contributed by atoms with E-state index in [1.54, 1.807) is 0 Å². The molecule has 2 amide bonds. The predicted octanol–water partition coefficient (Wildman–Crippen LogP) is 5.48. The Morgan fingerprint density at radius 2 is 1.58 bits per heavy atom. The number of nitrogens with one attached hydrogen (secondary N) is 1. The molecular formula is C22H36N2O2. The Hall–Kier alpha value is -1.84. The van der Waals surface area contributed by atoms with Gasteiger partial charge in [-0.2, -0.15) is 0 Å². The summed E-state index contributed by atoms with van der Waals surface area (Å²) in [6.45, 7) is 18.3. The lowest BCUT2D eigenvalue weighted by Gasteiger charge is -2.43. The fraction of sp³-hybridized carbons (Fsp3) is 0.636. The second-order valence-corrected chi connectivity index (χ2v) is 9.57. The Morgan fingerprint density at radius 1 is 1.00 bits per heavy atom. The van der Waals surface area contributed by atoms with Gasteiger partial charge >= 0.3 is 0 Å². The molecule has 0 aliphatic rings. The van der Waals surface area contributed by atoms with Crippen molar-refractivity contribution >= 4 is 23.2 Å². The van der Waals surface area contributed by atoms with Crippen LogP contribution in [0.15, 0.2) is 24.3 Å². The van der Waals surface area contributed by atoms with Gasteiger partial charge in [0.25, 0.3) is 0 Å². The van der Waals surface area contributed by atoms with E-state index in [4.69, 9.17) is 0 Å². The molecule has 1 rings (SSSR count). The first-order valence-corrected chi connectivity index (χ1v) is 9.49. The van der Waals surface area contributed by atoms with E-state index >= 15 is 0 Å². The zero-order valence-corrected chi connectivity index (χ0v) is 17.9. The normalized spacial score (nSPS) is 12.4. The maximum absolute atomic E-state index is 13.1. The van der Waals surface area contributed by atoms with Crippen LogP contribution in [0.2, 0.25) is 0 Å². The number of anilines is 2. The molecule has 4 heteroatoms. The van der Waals surface area contributed by atoms with Crippen LogP contribution in [0.3, 0.4) is 0 Å². The van der Waals surface area contributed by atoms with Gasteiger partial charge in [0.2, 0.25) is 11.8 Å². The van der Waals surface area contributed by atoms with Gasteiger partial charge in [-0.1, -0.05) is 54.5 Å². The van der Waals surface area contributed by atoms with Crippen molar-refractivity contribution in [2.45, 2.75) is 74.3 Å². The lowest BCUT2D eigenvalue weighted by atomic mass is 9.80. The molecule has 0 radical (unpaired) electrons. The molecule has 0 unspecified atom stereocenters. The average Bonchev–Trinajstić information content (AvgIpc) is 2.44. The molecule has 0 aromatic heterocycles. The van der Waals surface area contributed by atoms with Crippen LogP contribution in [0, 0.1) is 17.3 Å². The number of rotatable bonds is 6. The molecule has 0 atom stereocenters. The highest BCUT2D eigenvalue weighted by molar-refractivity contribution is 5.97. The minimum absolute atomic E-state index is 0.0298. The van der Waals surface area contributed by atoms with E-state index in [-0.39, 0.29) is 34.6 Å². The van der Waals surface area contributed by atoms with Gasteiger partial charge in [-0.15, -0.1) is 0 Å². The minimum atomic E-state index is -0.347. The van der Waals surface area contributed by atoms with Crippen molar-refractivity contribution in [3.05, 3.63) is 24.3 Å². The van der Waals surface area contributed by atoms with Crippen LogP contribution in [0.5, 0.6) is 0 Å². The summed E-state index contributed by atoms with van der Waals surface area (Å²) in [5.41, 5.74) is 1.27. The highest BCUT2D eigenvalue weighted by Gasteiger charge is 2.36. The minimum Gasteiger partial charge on any atom is -0.326 e. The second kappa shape index (κ2) is 8.24. The number of benzene rings is 1. The van der Waals surface area contributed by atoms with Gasteiger partial charge in [-0.3, -0.25) is 9.59 Å². The van der Waals surface area contributed by atoms with Crippen LogP contribution in [0.4, 0.5) is 11.4 Å². The molecule has 1 N–H and O–H groups in total. The summed E-state index contributed by atoms with van der Waals surface area (Å²) >= 11 is 0. The van der Waals surface area contributed by atoms with Gasteiger partial charge in [0.05, 0.1) is 0 Å². The third-order valence-electron chi connectivity index (χ3n) is 4.18. The predicted molar refractivity (Wildman–Crippen MR) is 110 cm³/mol. The first-order chi connectivity index (χ1) is 11.7. The Kier molecular flexibility index (Phi) is 7.03. The van der Waals surface area contributed by atoms with Gasteiger partial charge in [0, 0.05) is 28.7 Å². The molecule has 0 fully saturated rings. The highest BCUT2D eigenvalue weighted by atomic mass is 16.2. The van der Waals surface area contributed by atoms with Gasteiger partial charge < -0.3 is 10.2 Å². The Bertz CT molecular complexity index is 640. The van der Waals surface area contributed by atoms with Crippen molar-refractivity contribution in [1.82, 2.24) is 0 Å². The first-order valence-electron chi connectivity index (χ1n) is 9.49. The summed E-state index contributed by atoms with van der Waals surface area (Å²) in [5, 5.41) is 2.93. The molecule has 146 valence electrons. The fourth-order valence-corrected chi connectivity index (χ4v) is 3.42. The van der Waals surface area contributed by atoms with Crippen molar-refractivity contribution in [3.63, 3.8) is 0 Å². The van der Waals surface area contributed by atoms with Crippen molar-refractivity contribution < 1.29 is 9.59 Å². The van der Waals surface area contributed by atoms with Gasteiger partial charge in [0.1, 0.15) is 0 Å². The zero-order valence-electron chi connectivity index (χ0n) is 17.9. The SMILES string of the molecule is CC(C)C(=O)Nc1cccc(N(C(=O)C(C)C)C(C)(C)CC(C)(C)C)c1. The standard InChI is InChI=1S/C22H36N2O2/c1-15(2)19(25)23-17-11-10-12-18(13-17)24(20(26)16(3)4)22(8,9)14-21(5,6)7/h10-13,15-16H,14H2,1-9H3,(H,23,25). The number of carbonyl (C=O) groups excluding carboxylic acids is 2. The maximum atomic E-state index is 13.1. The maximum Gasteiger partial charge on any atom is 0.230 e. The van der Waals surface area contributed by atoms with Crippen LogP contribution in [0.25, 0.3) is 0 Å². The van der Waals surface area contributed by atoms with Crippen molar-refractivity contribution in [2.24, 2.45) is 17.3 Å². The third kappa shape index (κ3) is 6.15. The van der Waals surface area contributed by atoms with Crippen LogP contribution >= 0.6 is 0 Å². The van der Waals surface area contributed by atoms with Crippen molar-refractivity contribution in [2.75, 3.05) is 10.2 Å². The largest absolute Gasteiger partial charge is 0.326 e. The molecule has 1 aromatic rings. The molecule has 1 aromatic carbocycles. The number of carbonyl (C=O) groups is 2. The van der Waals surface area contributed by atoms with E-state index < -0.39 is 0 Å². The van der Waals surface area contributed by atoms with Crippen LogP contribution in [-0.4, -0.2) is 17.4 Å². The number of amides is 2. The van der Waals surface area contributed by atoms with E-state index in [0.717, 1.165) is 12.1 Å². The highest BCUT2D eigenvalue weighted by Crippen LogP contribution is 2.36. The molecular weight excluding hydrogens is 324 g/mol. The topological polar surface area (TPSA) is 49.4 Å². The molecule has 4 nitrogen and oxygen atoms in total. The molecule has 0 saturated carbocycles. The first kappa shape index (κ1) is 22.2. The quantitative estimate of drug-likeness (QED) is 0.730. The molecule has 0 aliphatic carbocycles. The van der Waals surface area contributed by atoms with E-state index in [0.29, 0.717) is 5.69 Å². The fourth-order valence-electron chi connectivity index (χ4n) is 3.42. The third-order valence-corrected chi connectivity index (χ3v) is 4.18. The van der Waals surface area contributed by atoms with Crippen molar-refractivity contribution in [1.29, 1.82) is 0 Å².